The molecule has 2 aliphatic rings. The van der Waals surface area contributed by atoms with Crippen LogP contribution in [0.5, 0.6) is 0 Å². The quantitative estimate of drug-likeness (QED) is 0.320. The van der Waals surface area contributed by atoms with Crippen LogP contribution in [0.15, 0.2) is 18.3 Å². The topological polar surface area (TPSA) is 115 Å². The van der Waals surface area contributed by atoms with E-state index >= 15 is 0 Å². The van der Waals surface area contributed by atoms with Gasteiger partial charge >= 0.3 is 6.18 Å². The monoisotopic (exact) mass is 536 g/mol. The number of hydrogen-bond acceptors (Lipinski definition) is 6. The molecule has 0 radical (unpaired) electrons. The Kier molecular flexibility index (Phi) is 5.23. The van der Waals surface area contributed by atoms with Crippen molar-refractivity contribution >= 4 is 44.7 Å². The van der Waals surface area contributed by atoms with Crippen molar-refractivity contribution in [3.63, 3.8) is 0 Å². The molecule has 192 valence electrons. The van der Waals surface area contributed by atoms with Crippen molar-refractivity contribution < 1.29 is 31.5 Å². The first kappa shape index (κ1) is 23.7. The maximum atomic E-state index is 13.7. The van der Waals surface area contributed by atoms with E-state index in [1.165, 1.54) is 6.07 Å². The summed E-state index contributed by atoms with van der Waals surface area (Å²) in [5.41, 5.74) is 4.19. The summed E-state index contributed by atoms with van der Waals surface area (Å²) in [5, 5.41) is 6.64. The largest absolute Gasteiger partial charge is 0.433 e. The molecule has 0 unspecified atom stereocenters. The third-order valence-electron chi connectivity index (χ3n) is 6.44. The van der Waals surface area contributed by atoms with Crippen molar-refractivity contribution in [1.82, 2.24) is 19.6 Å². The number of amides is 2. The summed E-state index contributed by atoms with van der Waals surface area (Å²) in [6, 6.07) is 2.19. The number of alkyl halides is 5. The number of thiophene rings is 1. The molecule has 2 amide bonds. The number of primary amides is 1. The molecular weight excluding hydrogens is 519 g/mol. The van der Waals surface area contributed by atoms with Gasteiger partial charge in [0.15, 0.2) is 5.65 Å². The number of hydrogen-bond donors (Lipinski definition) is 2. The van der Waals surface area contributed by atoms with E-state index in [4.69, 9.17) is 5.73 Å². The SMILES string of the molecule is NC(=O)c1sc2nc(C(F)F)cc(C3CC3)c2c1NC(=O)c1cnn2c(C(F)(F)F)cc(C3CC3)nc12. The highest BCUT2D eigenvalue weighted by atomic mass is 32.1. The molecule has 0 aliphatic heterocycles. The van der Waals surface area contributed by atoms with E-state index in [-0.39, 0.29) is 44.1 Å². The smallest absolute Gasteiger partial charge is 0.365 e. The van der Waals surface area contributed by atoms with Crippen molar-refractivity contribution in [2.75, 3.05) is 5.32 Å². The predicted molar refractivity (Wildman–Crippen MR) is 123 cm³/mol. The Morgan fingerprint density at radius 2 is 1.81 bits per heavy atom. The number of aromatic nitrogens is 4. The second-order valence-corrected chi connectivity index (χ2v) is 10.1. The normalized spacial score (nSPS) is 16.2. The molecule has 2 saturated carbocycles. The summed E-state index contributed by atoms with van der Waals surface area (Å²) < 4.78 is 68.7. The Balaban J connectivity index is 1.48. The number of nitrogens with one attached hydrogen (secondary N) is 1. The van der Waals surface area contributed by atoms with Crippen molar-refractivity contribution in [3.05, 3.63) is 51.4 Å². The van der Waals surface area contributed by atoms with Crippen LogP contribution in [0.1, 0.15) is 86.6 Å². The van der Waals surface area contributed by atoms with E-state index in [9.17, 15) is 31.5 Å². The van der Waals surface area contributed by atoms with Crippen molar-refractivity contribution in [3.8, 4) is 0 Å². The van der Waals surface area contributed by atoms with Crippen LogP contribution >= 0.6 is 11.3 Å². The van der Waals surface area contributed by atoms with Gasteiger partial charge < -0.3 is 11.1 Å². The molecule has 4 aromatic heterocycles. The molecule has 0 saturated heterocycles. The van der Waals surface area contributed by atoms with Gasteiger partial charge in [0.25, 0.3) is 18.2 Å². The molecular formula is C23H17F5N6O2S. The molecule has 0 aromatic carbocycles. The van der Waals surface area contributed by atoms with Crippen LogP contribution in [-0.4, -0.2) is 31.4 Å². The molecule has 4 heterocycles. The maximum Gasteiger partial charge on any atom is 0.433 e. The fourth-order valence-electron chi connectivity index (χ4n) is 4.38. The highest BCUT2D eigenvalue weighted by Gasteiger charge is 2.38. The number of rotatable bonds is 6. The number of anilines is 1. The fourth-order valence-corrected chi connectivity index (χ4v) is 5.40. The third-order valence-corrected chi connectivity index (χ3v) is 7.54. The Morgan fingerprint density at radius 1 is 1.11 bits per heavy atom. The molecule has 3 N–H and O–H groups in total. The minimum Gasteiger partial charge on any atom is -0.365 e. The third kappa shape index (κ3) is 4.08. The Bertz CT molecular complexity index is 1600. The van der Waals surface area contributed by atoms with Crippen molar-refractivity contribution in [2.45, 2.75) is 50.1 Å². The van der Waals surface area contributed by atoms with Gasteiger partial charge in [0.1, 0.15) is 26.7 Å². The van der Waals surface area contributed by atoms with Crippen LogP contribution < -0.4 is 11.1 Å². The molecule has 8 nitrogen and oxygen atoms in total. The number of nitrogens with zero attached hydrogens (tertiary/aromatic N) is 4. The van der Waals surface area contributed by atoms with Crippen molar-refractivity contribution in [1.29, 1.82) is 0 Å². The number of carbonyl (C=O) groups excluding carboxylic acids is 2. The lowest BCUT2D eigenvalue weighted by Gasteiger charge is -2.12. The van der Waals surface area contributed by atoms with Crippen LogP contribution in [0.3, 0.4) is 0 Å². The van der Waals surface area contributed by atoms with Gasteiger partial charge in [0, 0.05) is 17.0 Å². The molecule has 4 aromatic rings. The molecule has 37 heavy (non-hydrogen) atoms. The summed E-state index contributed by atoms with van der Waals surface area (Å²) in [5.74, 6) is -1.96. The number of pyridine rings is 1. The number of carbonyl (C=O) groups is 2. The summed E-state index contributed by atoms with van der Waals surface area (Å²) in [4.78, 5) is 33.8. The Labute approximate surface area is 208 Å². The van der Waals surface area contributed by atoms with Gasteiger partial charge in [0.2, 0.25) is 0 Å². The van der Waals surface area contributed by atoms with Crippen LogP contribution in [-0.2, 0) is 6.18 Å². The van der Waals surface area contributed by atoms with E-state index in [1.54, 1.807) is 0 Å². The lowest BCUT2D eigenvalue weighted by molar-refractivity contribution is -0.142. The molecule has 2 fully saturated rings. The van der Waals surface area contributed by atoms with Crippen LogP contribution in [0.4, 0.5) is 27.6 Å². The van der Waals surface area contributed by atoms with Gasteiger partial charge in [-0.1, -0.05) is 0 Å². The van der Waals surface area contributed by atoms with Crippen molar-refractivity contribution in [2.24, 2.45) is 5.73 Å². The van der Waals surface area contributed by atoms with E-state index in [1.807, 2.05) is 0 Å². The first-order chi connectivity index (χ1) is 17.5. The molecule has 14 heteroatoms. The number of halogens is 5. The minimum absolute atomic E-state index is 0.0125. The highest BCUT2D eigenvalue weighted by Crippen LogP contribution is 2.48. The number of fused-ring (bicyclic) bond motifs is 2. The highest BCUT2D eigenvalue weighted by molar-refractivity contribution is 7.21. The Hall–Kier alpha value is -3.68. The zero-order valence-corrected chi connectivity index (χ0v) is 19.6. The van der Waals surface area contributed by atoms with Crippen LogP contribution in [0, 0.1) is 0 Å². The average Bonchev–Trinajstić information content (AvgIpc) is 3.76. The molecule has 0 bridgehead atoms. The van der Waals surface area contributed by atoms with Gasteiger partial charge in [-0.05, 0) is 49.3 Å². The minimum atomic E-state index is -4.74. The van der Waals surface area contributed by atoms with Crippen LogP contribution in [0.25, 0.3) is 15.9 Å². The summed E-state index contributed by atoms with van der Waals surface area (Å²) in [6.45, 7) is 0. The first-order valence-electron chi connectivity index (χ1n) is 11.4. The van der Waals surface area contributed by atoms with Gasteiger partial charge in [-0.15, -0.1) is 11.3 Å². The molecule has 0 spiro atoms. The van der Waals surface area contributed by atoms with Gasteiger partial charge in [-0.2, -0.15) is 18.3 Å². The lowest BCUT2D eigenvalue weighted by Crippen LogP contribution is -2.18. The zero-order chi connectivity index (χ0) is 26.2. The van der Waals surface area contributed by atoms with E-state index in [0.29, 0.717) is 28.3 Å². The molecule has 6 rings (SSSR count). The van der Waals surface area contributed by atoms with E-state index in [0.717, 1.165) is 36.4 Å². The van der Waals surface area contributed by atoms with Crippen LogP contribution in [0.2, 0.25) is 0 Å². The second-order valence-electron chi connectivity index (χ2n) is 9.15. The fraction of sp³-hybridized carbons (Fsp3) is 0.348. The number of nitrogens with two attached hydrogens (primary N) is 1. The standard InChI is InChI=1S/C23H17F5N6O2S/c24-18(25)13-5-10(8-1-2-8)15-16(17(19(29)35)37-22(15)32-13)33-21(36)11-7-30-34-14(23(26,27)28)6-12(9-3-4-9)31-20(11)34/h5-9,18H,1-4H2,(H2,29,35)(H,33,36). The van der Waals surface area contributed by atoms with Gasteiger partial charge in [-0.3, -0.25) is 9.59 Å². The summed E-state index contributed by atoms with van der Waals surface area (Å²) in [6.07, 6.45) is -3.75. The zero-order valence-electron chi connectivity index (χ0n) is 18.8. The first-order valence-corrected chi connectivity index (χ1v) is 12.2. The van der Waals surface area contributed by atoms with Gasteiger partial charge in [0.05, 0.1) is 11.9 Å². The van der Waals surface area contributed by atoms with Gasteiger partial charge in [-0.25, -0.2) is 23.3 Å². The second kappa shape index (κ2) is 8.16. The average molecular weight is 536 g/mol. The van der Waals surface area contributed by atoms with E-state index in [2.05, 4.69) is 20.4 Å². The molecule has 2 aliphatic carbocycles. The van der Waals surface area contributed by atoms with E-state index < -0.39 is 35.8 Å². The summed E-state index contributed by atoms with van der Waals surface area (Å²) in [7, 11) is 0. The maximum absolute atomic E-state index is 13.7. The molecule has 0 atom stereocenters. The predicted octanol–water partition coefficient (Wildman–Crippen LogP) is 5.40. The lowest BCUT2D eigenvalue weighted by atomic mass is 10.0. The Morgan fingerprint density at radius 3 is 2.41 bits per heavy atom. The summed E-state index contributed by atoms with van der Waals surface area (Å²) >= 11 is 0.767.